The average molecular weight is 264 g/mol. The van der Waals surface area contributed by atoms with Crippen molar-refractivity contribution in [2.24, 2.45) is 0 Å². The first-order valence-electron chi connectivity index (χ1n) is 6.25. The highest BCUT2D eigenvalue weighted by Gasteiger charge is 2.13. The van der Waals surface area contributed by atoms with E-state index in [9.17, 15) is 4.79 Å². The number of nitrogens with zero attached hydrogens (tertiary/aromatic N) is 4. The molecule has 3 rings (SSSR count). The van der Waals surface area contributed by atoms with Crippen LogP contribution in [0, 0.1) is 0 Å². The van der Waals surface area contributed by atoms with Gasteiger partial charge in [0.15, 0.2) is 11.6 Å². The van der Waals surface area contributed by atoms with E-state index >= 15 is 0 Å². The van der Waals surface area contributed by atoms with Gasteiger partial charge in [-0.1, -0.05) is 48.5 Å². The normalized spacial score (nSPS) is 10.4. The van der Waals surface area contributed by atoms with Crippen molar-refractivity contribution in [1.29, 1.82) is 0 Å². The fraction of sp³-hybridized carbons (Fsp3) is 0.0667. The van der Waals surface area contributed by atoms with Gasteiger partial charge in [0.25, 0.3) is 0 Å². The van der Waals surface area contributed by atoms with Gasteiger partial charge in [-0.25, -0.2) is 0 Å². The number of hydrogen-bond acceptors (Lipinski definition) is 4. The largest absolute Gasteiger partial charge is 0.294 e. The third-order valence-corrected chi connectivity index (χ3v) is 2.95. The molecule has 0 aliphatic carbocycles. The van der Waals surface area contributed by atoms with Gasteiger partial charge < -0.3 is 0 Å². The topological polar surface area (TPSA) is 60.7 Å². The van der Waals surface area contributed by atoms with Crippen LogP contribution >= 0.6 is 0 Å². The number of para-hydroxylation sites is 1. The summed E-state index contributed by atoms with van der Waals surface area (Å²) in [6.45, 7) is 0. The lowest BCUT2D eigenvalue weighted by atomic mass is 10.1. The standard InChI is InChI=1S/C15H12N4O/c20-14(12-7-3-1-4-8-12)11-15-16-17-18-19(15)13-9-5-2-6-10-13/h1-10H,11H2. The molecule has 1 heterocycles. The summed E-state index contributed by atoms with van der Waals surface area (Å²) in [6, 6.07) is 18.7. The number of Topliss-reactive ketones (excluding diaryl/α,β-unsaturated/α-hetero) is 1. The Kier molecular flexibility index (Phi) is 3.33. The predicted octanol–water partition coefficient (Wildman–Crippen LogP) is 2.09. The Labute approximate surface area is 115 Å². The Morgan fingerprint density at radius 1 is 0.950 bits per heavy atom. The smallest absolute Gasteiger partial charge is 0.170 e. The van der Waals surface area contributed by atoms with E-state index in [2.05, 4.69) is 15.5 Å². The van der Waals surface area contributed by atoms with Crippen LogP contribution in [0.2, 0.25) is 0 Å². The zero-order valence-corrected chi connectivity index (χ0v) is 10.7. The molecule has 0 spiro atoms. The van der Waals surface area contributed by atoms with Gasteiger partial charge in [0.05, 0.1) is 12.1 Å². The molecule has 0 saturated heterocycles. The highest BCUT2D eigenvalue weighted by atomic mass is 16.1. The number of benzene rings is 2. The zero-order chi connectivity index (χ0) is 13.8. The number of carbonyl (C=O) groups excluding carboxylic acids is 1. The van der Waals surface area contributed by atoms with Crippen LogP contribution in [0.25, 0.3) is 5.69 Å². The number of tetrazole rings is 1. The van der Waals surface area contributed by atoms with Crippen LogP contribution in [0.15, 0.2) is 60.7 Å². The van der Waals surface area contributed by atoms with Crippen LogP contribution in [0.3, 0.4) is 0 Å². The molecular weight excluding hydrogens is 252 g/mol. The van der Waals surface area contributed by atoms with Crippen LogP contribution in [0.1, 0.15) is 16.2 Å². The predicted molar refractivity (Wildman–Crippen MR) is 73.6 cm³/mol. The van der Waals surface area contributed by atoms with Crippen molar-refractivity contribution < 1.29 is 4.79 Å². The van der Waals surface area contributed by atoms with E-state index in [1.54, 1.807) is 16.8 Å². The number of carbonyl (C=O) groups is 1. The van der Waals surface area contributed by atoms with E-state index < -0.39 is 0 Å². The quantitative estimate of drug-likeness (QED) is 0.677. The minimum absolute atomic E-state index is 0.00224. The molecule has 98 valence electrons. The number of ketones is 1. The van der Waals surface area contributed by atoms with E-state index in [1.807, 2.05) is 48.5 Å². The second-order valence-electron chi connectivity index (χ2n) is 4.31. The maximum Gasteiger partial charge on any atom is 0.170 e. The van der Waals surface area contributed by atoms with Crippen LogP contribution in [0.4, 0.5) is 0 Å². The maximum absolute atomic E-state index is 12.2. The summed E-state index contributed by atoms with van der Waals surface area (Å²) in [6.07, 6.45) is 0.173. The van der Waals surface area contributed by atoms with Gasteiger partial charge >= 0.3 is 0 Å². The Bertz CT molecular complexity index is 707. The van der Waals surface area contributed by atoms with Crippen LogP contribution in [0.5, 0.6) is 0 Å². The molecular formula is C15H12N4O. The van der Waals surface area contributed by atoms with E-state index in [0.717, 1.165) is 5.69 Å². The lowest BCUT2D eigenvalue weighted by molar-refractivity contribution is 0.0990. The SMILES string of the molecule is O=C(Cc1nnnn1-c1ccccc1)c1ccccc1. The van der Waals surface area contributed by atoms with Gasteiger partial charge in [-0.2, -0.15) is 4.68 Å². The number of rotatable bonds is 4. The van der Waals surface area contributed by atoms with Gasteiger partial charge in [0.2, 0.25) is 0 Å². The molecule has 0 unspecified atom stereocenters. The number of aromatic nitrogens is 4. The summed E-state index contributed by atoms with van der Waals surface area (Å²) in [4.78, 5) is 12.2. The third kappa shape index (κ3) is 2.47. The van der Waals surface area contributed by atoms with Crippen LogP contribution in [-0.2, 0) is 6.42 Å². The molecule has 0 aliphatic rings. The molecule has 0 aliphatic heterocycles. The molecule has 0 bridgehead atoms. The first-order chi connectivity index (χ1) is 9.84. The van der Waals surface area contributed by atoms with Gasteiger partial charge in [-0.15, -0.1) is 5.10 Å². The number of hydrogen-bond donors (Lipinski definition) is 0. The van der Waals surface area contributed by atoms with Gasteiger partial charge in [0, 0.05) is 5.56 Å². The second-order valence-corrected chi connectivity index (χ2v) is 4.31. The van der Waals surface area contributed by atoms with E-state index in [-0.39, 0.29) is 12.2 Å². The molecule has 20 heavy (non-hydrogen) atoms. The fourth-order valence-electron chi connectivity index (χ4n) is 1.96. The van der Waals surface area contributed by atoms with Crippen molar-refractivity contribution in [3.05, 3.63) is 72.1 Å². The lowest BCUT2D eigenvalue weighted by Gasteiger charge is -2.03. The average Bonchev–Trinajstić information content (AvgIpc) is 2.97. The van der Waals surface area contributed by atoms with Crippen molar-refractivity contribution >= 4 is 5.78 Å². The summed E-state index contributed by atoms with van der Waals surface area (Å²) in [7, 11) is 0. The van der Waals surface area contributed by atoms with Gasteiger partial charge in [-0.05, 0) is 22.6 Å². The van der Waals surface area contributed by atoms with Crippen molar-refractivity contribution in [2.45, 2.75) is 6.42 Å². The maximum atomic E-state index is 12.2. The van der Waals surface area contributed by atoms with Crippen molar-refractivity contribution in [3.63, 3.8) is 0 Å². The Morgan fingerprint density at radius 3 is 2.30 bits per heavy atom. The van der Waals surface area contributed by atoms with Crippen LogP contribution < -0.4 is 0 Å². The fourth-order valence-corrected chi connectivity index (χ4v) is 1.96. The molecule has 2 aromatic carbocycles. The summed E-state index contributed by atoms with van der Waals surface area (Å²) in [5, 5.41) is 11.5. The molecule has 0 amide bonds. The Hall–Kier alpha value is -2.82. The highest BCUT2D eigenvalue weighted by molar-refractivity contribution is 5.97. The van der Waals surface area contributed by atoms with Crippen molar-refractivity contribution in [3.8, 4) is 5.69 Å². The molecule has 5 heteroatoms. The minimum Gasteiger partial charge on any atom is -0.294 e. The molecule has 0 saturated carbocycles. The third-order valence-electron chi connectivity index (χ3n) is 2.95. The molecule has 1 aromatic heterocycles. The second kappa shape index (κ2) is 5.44. The summed E-state index contributed by atoms with van der Waals surface area (Å²) in [5.41, 5.74) is 1.50. The Balaban J connectivity index is 1.86. The summed E-state index contributed by atoms with van der Waals surface area (Å²) in [5.74, 6) is 0.530. The van der Waals surface area contributed by atoms with Crippen LogP contribution in [-0.4, -0.2) is 26.0 Å². The van der Waals surface area contributed by atoms with E-state index in [4.69, 9.17) is 0 Å². The van der Waals surface area contributed by atoms with Crippen molar-refractivity contribution in [2.75, 3.05) is 0 Å². The molecule has 0 N–H and O–H groups in total. The Morgan fingerprint density at radius 2 is 1.60 bits per heavy atom. The van der Waals surface area contributed by atoms with E-state index in [0.29, 0.717) is 11.4 Å². The molecule has 5 nitrogen and oxygen atoms in total. The highest BCUT2D eigenvalue weighted by Crippen LogP contribution is 2.10. The molecule has 0 fully saturated rings. The minimum atomic E-state index is -0.00224. The van der Waals surface area contributed by atoms with E-state index in [1.165, 1.54) is 0 Å². The molecule has 3 aromatic rings. The zero-order valence-electron chi connectivity index (χ0n) is 10.7. The monoisotopic (exact) mass is 264 g/mol. The van der Waals surface area contributed by atoms with Gasteiger partial charge in [-0.3, -0.25) is 4.79 Å². The van der Waals surface area contributed by atoms with Crippen molar-refractivity contribution in [1.82, 2.24) is 20.2 Å². The first-order valence-corrected chi connectivity index (χ1v) is 6.25. The molecule has 0 radical (unpaired) electrons. The van der Waals surface area contributed by atoms with Gasteiger partial charge in [0.1, 0.15) is 0 Å². The molecule has 0 atom stereocenters. The summed E-state index contributed by atoms with van der Waals surface area (Å²) >= 11 is 0. The first kappa shape index (κ1) is 12.2. The lowest BCUT2D eigenvalue weighted by Crippen LogP contribution is -2.10. The summed E-state index contributed by atoms with van der Waals surface area (Å²) < 4.78 is 1.58.